The number of carbonyl (C=O) groups is 4. The quantitative estimate of drug-likeness (QED) is 0.288. The average molecular weight is 650 g/mol. The van der Waals surface area contributed by atoms with Crippen molar-refractivity contribution in [3.05, 3.63) is 86.4 Å². The number of allylic oxidation sites excluding steroid dienone is 6. The second-order valence-electron chi connectivity index (χ2n) is 11.2. The van der Waals surface area contributed by atoms with Gasteiger partial charge in [0.05, 0.1) is 35.2 Å². The maximum atomic E-state index is 14.1. The fourth-order valence-corrected chi connectivity index (χ4v) is 7.93. The monoisotopic (exact) mass is 648 g/mol. The molecule has 2 aromatic carbocycles. The number of benzene rings is 2. The van der Waals surface area contributed by atoms with E-state index in [9.17, 15) is 24.3 Å². The van der Waals surface area contributed by atoms with Gasteiger partial charge >= 0.3 is 0 Å². The van der Waals surface area contributed by atoms with E-state index < -0.39 is 23.7 Å². The highest BCUT2D eigenvalue weighted by atomic mass is 79.9. The van der Waals surface area contributed by atoms with Crippen molar-refractivity contribution < 1.29 is 29.0 Å². The Morgan fingerprint density at radius 2 is 1.64 bits per heavy atom. The molecule has 4 atom stereocenters. The number of phenolic OH excluding ortho intramolecular Hbond substituents is 1. The standard InChI is InChI=1S/C32H26BrClN2O6/c33-24-15-26(38)29-23(30(24)39)14-22-19(27(29)20-6-5-18(37)13-25(20)34)7-8-21-28(22)32(41)36(31(21)40)17-3-1-16(2-4-17)35-9-11-42-12-10-35/h1-7,13,15,21-22,27-28,37H,8-12,14H2. The number of ether oxygens (including phenoxy) is 1. The highest BCUT2D eigenvalue weighted by molar-refractivity contribution is 9.12. The Hall–Kier alpha value is -3.53. The number of anilines is 2. The Morgan fingerprint density at radius 3 is 2.36 bits per heavy atom. The van der Waals surface area contributed by atoms with Crippen LogP contribution in [0.3, 0.4) is 0 Å². The summed E-state index contributed by atoms with van der Waals surface area (Å²) in [6.07, 6.45) is 3.73. The van der Waals surface area contributed by atoms with Crippen LogP contribution < -0.4 is 9.80 Å². The molecule has 2 aromatic rings. The van der Waals surface area contributed by atoms with E-state index in [1.165, 1.54) is 23.1 Å². The molecular weight excluding hydrogens is 624 g/mol. The molecule has 2 saturated heterocycles. The van der Waals surface area contributed by atoms with Gasteiger partial charge in [-0.25, -0.2) is 0 Å². The molecule has 214 valence electrons. The number of morpholine rings is 1. The van der Waals surface area contributed by atoms with Gasteiger partial charge in [0.25, 0.3) is 0 Å². The zero-order valence-electron chi connectivity index (χ0n) is 22.4. The first-order valence-corrected chi connectivity index (χ1v) is 15.1. The van der Waals surface area contributed by atoms with Gasteiger partial charge < -0.3 is 14.7 Å². The number of nitrogens with zero attached hydrogens (tertiary/aromatic N) is 2. The van der Waals surface area contributed by atoms with E-state index in [0.717, 1.165) is 24.4 Å². The summed E-state index contributed by atoms with van der Waals surface area (Å²) >= 11 is 9.84. The van der Waals surface area contributed by atoms with Gasteiger partial charge in [-0.3, -0.25) is 24.1 Å². The lowest BCUT2D eigenvalue weighted by Gasteiger charge is -2.42. The first kappa shape index (κ1) is 27.3. The SMILES string of the molecule is O=C1C=C(Br)C(=O)C2=C1C(c1ccc(O)cc1Cl)C1=CCC3C(=O)N(c4ccc(N5CCOCC5)cc4)C(=O)C3C1C2. The van der Waals surface area contributed by atoms with E-state index in [0.29, 0.717) is 42.0 Å². The third-order valence-corrected chi connectivity index (χ3v) is 10.0. The largest absolute Gasteiger partial charge is 0.508 e. The Kier molecular flexibility index (Phi) is 6.72. The summed E-state index contributed by atoms with van der Waals surface area (Å²) in [6.45, 7) is 2.86. The van der Waals surface area contributed by atoms with Gasteiger partial charge in [0.1, 0.15) is 5.75 Å². The van der Waals surface area contributed by atoms with Crippen LogP contribution in [0.5, 0.6) is 5.75 Å². The molecule has 0 aromatic heterocycles. The number of Topliss-reactive ketones (excluding diaryl/α,β-unsaturated/α-hetero) is 1. The zero-order chi connectivity index (χ0) is 29.3. The van der Waals surface area contributed by atoms with Crippen molar-refractivity contribution in [2.24, 2.45) is 17.8 Å². The molecule has 0 radical (unpaired) electrons. The molecule has 5 aliphatic rings. The van der Waals surface area contributed by atoms with Crippen LogP contribution in [0.2, 0.25) is 5.02 Å². The van der Waals surface area contributed by atoms with E-state index in [4.69, 9.17) is 16.3 Å². The average Bonchev–Trinajstić information content (AvgIpc) is 3.25. The number of amides is 2. The van der Waals surface area contributed by atoms with E-state index in [1.54, 1.807) is 18.2 Å². The summed E-state index contributed by atoms with van der Waals surface area (Å²) in [5.74, 6) is -3.60. The minimum atomic E-state index is -0.684. The van der Waals surface area contributed by atoms with Crippen LogP contribution >= 0.6 is 27.5 Å². The molecule has 4 unspecified atom stereocenters. The van der Waals surface area contributed by atoms with Crippen molar-refractivity contribution in [1.82, 2.24) is 0 Å². The minimum Gasteiger partial charge on any atom is -0.508 e. The van der Waals surface area contributed by atoms with Gasteiger partial charge in [-0.1, -0.05) is 29.3 Å². The smallest absolute Gasteiger partial charge is 0.238 e. The van der Waals surface area contributed by atoms with Crippen LogP contribution in [-0.2, 0) is 23.9 Å². The highest BCUT2D eigenvalue weighted by Crippen LogP contribution is 2.56. The first-order chi connectivity index (χ1) is 20.2. The summed E-state index contributed by atoms with van der Waals surface area (Å²) in [7, 11) is 0. The Labute approximate surface area is 255 Å². The Bertz CT molecular complexity index is 1660. The van der Waals surface area contributed by atoms with Crippen molar-refractivity contribution in [3.63, 3.8) is 0 Å². The molecule has 2 aliphatic heterocycles. The summed E-state index contributed by atoms with van der Waals surface area (Å²) in [5, 5.41) is 10.3. The fraction of sp³-hybridized carbons (Fsp3) is 0.312. The number of ketones is 2. The number of aromatic hydroxyl groups is 1. The summed E-state index contributed by atoms with van der Waals surface area (Å²) in [5.41, 5.74) is 3.56. The normalized spacial score (nSPS) is 27.5. The third kappa shape index (κ3) is 4.20. The molecule has 3 aliphatic carbocycles. The van der Waals surface area contributed by atoms with Gasteiger partial charge in [0.15, 0.2) is 11.6 Å². The number of fused-ring (bicyclic) bond motifs is 3. The van der Waals surface area contributed by atoms with Crippen LogP contribution in [0.4, 0.5) is 11.4 Å². The summed E-state index contributed by atoms with van der Waals surface area (Å²) in [4.78, 5) is 58.1. The molecule has 10 heteroatoms. The summed E-state index contributed by atoms with van der Waals surface area (Å²) < 4.78 is 5.60. The van der Waals surface area contributed by atoms with Crippen LogP contribution in [0.25, 0.3) is 0 Å². The Balaban J connectivity index is 1.27. The summed E-state index contributed by atoms with van der Waals surface area (Å²) in [6, 6.07) is 12.0. The minimum absolute atomic E-state index is 0.0245. The van der Waals surface area contributed by atoms with Crippen molar-refractivity contribution in [2.45, 2.75) is 18.8 Å². The predicted molar refractivity (Wildman–Crippen MR) is 160 cm³/mol. The molecular formula is C32H26BrClN2O6. The number of rotatable bonds is 3. The molecule has 2 fully saturated rings. The maximum Gasteiger partial charge on any atom is 0.238 e. The predicted octanol–water partition coefficient (Wildman–Crippen LogP) is 4.85. The maximum absolute atomic E-state index is 14.1. The zero-order valence-corrected chi connectivity index (χ0v) is 24.7. The van der Waals surface area contributed by atoms with Gasteiger partial charge in [-0.15, -0.1) is 0 Å². The molecule has 0 bridgehead atoms. The molecule has 0 saturated carbocycles. The van der Waals surface area contributed by atoms with Crippen molar-refractivity contribution in [2.75, 3.05) is 36.1 Å². The van der Waals surface area contributed by atoms with Crippen LogP contribution in [0, 0.1) is 17.8 Å². The van der Waals surface area contributed by atoms with Crippen molar-refractivity contribution in [3.8, 4) is 5.75 Å². The topological polar surface area (TPSA) is 104 Å². The number of imide groups is 1. The lowest BCUT2D eigenvalue weighted by Crippen LogP contribution is -2.39. The molecule has 1 N–H and O–H groups in total. The van der Waals surface area contributed by atoms with E-state index >= 15 is 0 Å². The van der Waals surface area contributed by atoms with Gasteiger partial charge in [0, 0.05) is 46.9 Å². The van der Waals surface area contributed by atoms with Crippen molar-refractivity contribution >= 4 is 62.3 Å². The van der Waals surface area contributed by atoms with Gasteiger partial charge in [-0.05, 0) is 76.7 Å². The number of hydrogen-bond donors (Lipinski definition) is 1. The Morgan fingerprint density at radius 1 is 0.929 bits per heavy atom. The van der Waals surface area contributed by atoms with E-state index in [1.807, 2.05) is 18.2 Å². The number of phenols is 1. The number of hydrogen-bond acceptors (Lipinski definition) is 7. The number of carbonyl (C=O) groups excluding carboxylic acids is 4. The lowest BCUT2D eigenvalue weighted by atomic mass is 9.59. The molecule has 7 rings (SSSR count). The van der Waals surface area contributed by atoms with E-state index in [2.05, 4.69) is 20.8 Å². The molecule has 2 heterocycles. The molecule has 8 nitrogen and oxygen atoms in total. The molecule has 0 spiro atoms. The van der Waals surface area contributed by atoms with Crippen LogP contribution in [0.15, 0.2) is 75.8 Å². The van der Waals surface area contributed by atoms with Crippen LogP contribution in [-0.4, -0.2) is 54.8 Å². The fourth-order valence-electron chi connectivity index (χ4n) is 7.20. The second-order valence-corrected chi connectivity index (χ2v) is 12.5. The van der Waals surface area contributed by atoms with Crippen LogP contribution in [0.1, 0.15) is 24.3 Å². The molecule has 2 amide bonds. The van der Waals surface area contributed by atoms with Crippen molar-refractivity contribution in [1.29, 1.82) is 0 Å². The highest BCUT2D eigenvalue weighted by Gasteiger charge is 2.56. The first-order valence-electron chi connectivity index (χ1n) is 13.9. The lowest BCUT2D eigenvalue weighted by molar-refractivity contribution is -0.123. The number of halogens is 2. The van der Waals surface area contributed by atoms with Gasteiger partial charge in [-0.2, -0.15) is 0 Å². The third-order valence-electron chi connectivity index (χ3n) is 9.11. The van der Waals surface area contributed by atoms with Gasteiger partial charge in [0.2, 0.25) is 11.8 Å². The van der Waals surface area contributed by atoms with E-state index in [-0.39, 0.29) is 45.1 Å². The second kappa shape index (κ2) is 10.3. The molecule has 42 heavy (non-hydrogen) atoms.